The molecule has 0 atom stereocenters. The van der Waals surface area contributed by atoms with Crippen LogP contribution in [0.4, 0.5) is 0 Å². The molecule has 0 unspecified atom stereocenters. The third-order valence-corrected chi connectivity index (χ3v) is 3.90. The van der Waals surface area contributed by atoms with E-state index in [0.717, 1.165) is 6.54 Å². The van der Waals surface area contributed by atoms with E-state index in [-0.39, 0.29) is 17.0 Å². The van der Waals surface area contributed by atoms with Gasteiger partial charge in [-0.2, -0.15) is 0 Å². The molecule has 1 aliphatic heterocycles. The summed E-state index contributed by atoms with van der Waals surface area (Å²) in [6.45, 7) is 12.2. The quantitative estimate of drug-likeness (QED) is 0.569. The molecule has 0 amide bonds. The normalized spacial score (nSPS) is 23.2. The van der Waals surface area contributed by atoms with Crippen LogP contribution in [0.2, 0.25) is 0 Å². The van der Waals surface area contributed by atoms with Crippen LogP contribution in [-0.2, 0) is 9.53 Å². The lowest BCUT2D eigenvalue weighted by Gasteiger charge is -2.52. The van der Waals surface area contributed by atoms with E-state index in [4.69, 9.17) is 4.74 Å². The summed E-state index contributed by atoms with van der Waals surface area (Å²) in [6.07, 6.45) is 6.86. The van der Waals surface area contributed by atoms with Crippen molar-refractivity contribution in [2.24, 2.45) is 0 Å². The SMILES string of the molecule is CC=CC(=O)OCCN1C(C)(C)CCCC1(C)C. The van der Waals surface area contributed by atoms with Crippen LogP contribution in [0.25, 0.3) is 0 Å². The summed E-state index contributed by atoms with van der Waals surface area (Å²) in [5.74, 6) is -0.245. The maximum Gasteiger partial charge on any atom is 0.330 e. The van der Waals surface area contributed by atoms with Crippen molar-refractivity contribution in [3.63, 3.8) is 0 Å². The number of hydrogen-bond acceptors (Lipinski definition) is 3. The van der Waals surface area contributed by atoms with E-state index in [1.54, 1.807) is 6.08 Å². The van der Waals surface area contributed by atoms with Gasteiger partial charge in [0.05, 0.1) is 0 Å². The molecule has 0 aliphatic carbocycles. The minimum absolute atomic E-state index is 0.189. The second-order valence-corrected chi connectivity index (χ2v) is 6.30. The van der Waals surface area contributed by atoms with Crippen LogP contribution in [0.15, 0.2) is 12.2 Å². The van der Waals surface area contributed by atoms with E-state index < -0.39 is 0 Å². The molecule has 0 aromatic heterocycles. The molecule has 1 fully saturated rings. The van der Waals surface area contributed by atoms with Gasteiger partial charge >= 0.3 is 5.97 Å². The summed E-state index contributed by atoms with van der Waals surface area (Å²) in [6, 6.07) is 0. The summed E-state index contributed by atoms with van der Waals surface area (Å²) in [5, 5.41) is 0. The fourth-order valence-corrected chi connectivity index (χ4v) is 3.07. The summed E-state index contributed by atoms with van der Waals surface area (Å²) >= 11 is 0. The summed E-state index contributed by atoms with van der Waals surface area (Å²) in [4.78, 5) is 13.8. The second-order valence-electron chi connectivity index (χ2n) is 6.30. The van der Waals surface area contributed by atoms with Gasteiger partial charge in [-0.05, 0) is 53.9 Å². The highest BCUT2D eigenvalue weighted by Gasteiger charge is 2.40. The molecule has 3 nitrogen and oxygen atoms in total. The van der Waals surface area contributed by atoms with Gasteiger partial charge in [0.2, 0.25) is 0 Å². The number of ether oxygens (including phenoxy) is 1. The number of carbonyl (C=O) groups is 1. The molecule has 1 rings (SSSR count). The zero-order chi connectivity index (χ0) is 13.8. The van der Waals surface area contributed by atoms with E-state index in [1.165, 1.54) is 25.3 Å². The van der Waals surface area contributed by atoms with Crippen molar-refractivity contribution >= 4 is 5.97 Å². The van der Waals surface area contributed by atoms with Crippen LogP contribution >= 0.6 is 0 Å². The topological polar surface area (TPSA) is 29.5 Å². The van der Waals surface area contributed by atoms with Gasteiger partial charge in [0.15, 0.2) is 0 Å². The zero-order valence-corrected chi connectivity index (χ0v) is 12.5. The molecule has 1 saturated heterocycles. The molecule has 3 heteroatoms. The zero-order valence-electron chi connectivity index (χ0n) is 12.5. The van der Waals surface area contributed by atoms with Gasteiger partial charge in [0, 0.05) is 23.7 Å². The Morgan fingerprint density at radius 2 is 1.78 bits per heavy atom. The van der Waals surface area contributed by atoms with E-state index in [1.807, 2.05) is 6.92 Å². The van der Waals surface area contributed by atoms with E-state index >= 15 is 0 Å². The molecule has 0 N–H and O–H groups in total. The highest BCUT2D eigenvalue weighted by molar-refractivity contribution is 5.81. The lowest BCUT2D eigenvalue weighted by atomic mass is 9.80. The molecule has 0 spiro atoms. The van der Waals surface area contributed by atoms with Gasteiger partial charge in [-0.15, -0.1) is 0 Å². The third kappa shape index (κ3) is 3.84. The van der Waals surface area contributed by atoms with Crippen LogP contribution in [-0.4, -0.2) is 35.1 Å². The van der Waals surface area contributed by atoms with Gasteiger partial charge in [0.25, 0.3) is 0 Å². The number of hydrogen-bond donors (Lipinski definition) is 0. The number of nitrogens with zero attached hydrogens (tertiary/aromatic N) is 1. The molecule has 1 heterocycles. The molecular formula is C15H27NO2. The smallest absolute Gasteiger partial charge is 0.330 e. The fraction of sp³-hybridized carbons (Fsp3) is 0.800. The predicted molar refractivity (Wildman–Crippen MR) is 74.5 cm³/mol. The lowest BCUT2D eigenvalue weighted by molar-refractivity contribution is -0.140. The minimum Gasteiger partial charge on any atom is -0.461 e. The number of likely N-dealkylation sites (tertiary alicyclic amines) is 1. The summed E-state index contributed by atoms with van der Waals surface area (Å²) in [5.41, 5.74) is 0.378. The van der Waals surface area contributed by atoms with Crippen molar-refractivity contribution in [3.05, 3.63) is 12.2 Å². The maximum atomic E-state index is 11.3. The lowest BCUT2D eigenvalue weighted by Crippen LogP contribution is -2.59. The van der Waals surface area contributed by atoms with Gasteiger partial charge in [-0.1, -0.05) is 6.08 Å². The Morgan fingerprint density at radius 1 is 1.22 bits per heavy atom. The van der Waals surface area contributed by atoms with Crippen LogP contribution in [0, 0.1) is 0 Å². The van der Waals surface area contributed by atoms with Crippen molar-refractivity contribution in [3.8, 4) is 0 Å². The average molecular weight is 253 g/mol. The van der Waals surface area contributed by atoms with Gasteiger partial charge in [-0.3, -0.25) is 4.90 Å². The molecule has 0 aromatic rings. The number of piperidine rings is 1. The first-order valence-electron chi connectivity index (χ1n) is 6.87. The van der Waals surface area contributed by atoms with Gasteiger partial charge < -0.3 is 4.74 Å². The third-order valence-electron chi connectivity index (χ3n) is 3.90. The van der Waals surface area contributed by atoms with Crippen LogP contribution in [0.5, 0.6) is 0 Å². The molecule has 104 valence electrons. The Bertz CT molecular complexity index is 302. The molecule has 0 bridgehead atoms. The Morgan fingerprint density at radius 3 is 2.28 bits per heavy atom. The van der Waals surface area contributed by atoms with E-state index in [2.05, 4.69) is 32.6 Å². The van der Waals surface area contributed by atoms with Crippen LogP contribution in [0.1, 0.15) is 53.9 Å². The largest absolute Gasteiger partial charge is 0.461 e. The fourth-order valence-electron chi connectivity index (χ4n) is 3.07. The van der Waals surface area contributed by atoms with Crippen molar-refractivity contribution in [1.82, 2.24) is 4.90 Å². The monoisotopic (exact) mass is 253 g/mol. The van der Waals surface area contributed by atoms with Crippen molar-refractivity contribution in [2.75, 3.05) is 13.2 Å². The molecule has 1 aliphatic rings. The first kappa shape index (κ1) is 15.2. The van der Waals surface area contributed by atoms with E-state index in [0.29, 0.717) is 6.61 Å². The van der Waals surface area contributed by atoms with Crippen molar-refractivity contribution in [2.45, 2.75) is 65.0 Å². The standard InChI is InChI=1S/C15H27NO2/c1-6-8-13(17)18-12-11-16-14(2,3)9-7-10-15(16,4)5/h6,8H,7,9-12H2,1-5H3. The molecule has 0 saturated carbocycles. The molecule has 0 radical (unpaired) electrons. The second kappa shape index (κ2) is 5.87. The average Bonchev–Trinajstić information content (AvgIpc) is 2.21. The van der Waals surface area contributed by atoms with E-state index in [9.17, 15) is 4.79 Å². The molecular weight excluding hydrogens is 226 g/mol. The van der Waals surface area contributed by atoms with Crippen molar-refractivity contribution in [1.29, 1.82) is 0 Å². The Balaban J connectivity index is 2.54. The highest BCUT2D eigenvalue weighted by atomic mass is 16.5. The Labute approximate surface area is 111 Å². The predicted octanol–water partition coefficient (Wildman–Crippen LogP) is 3.15. The number of esters is 1. The van der Waals surface area contributed by atoms with Crippen molar-refractivity contribution < 1.29 is 9.53 Å². The van der Waals surface area contributed by atoms with Gasteiger partial charge in [0.1, 0.15) is 6.61 Å². The van der Waals surface area contributed by atoms with Gasteiger partial charge in [-0.25, -0.2) is 4.79 Å². The maximum absolute atomic E-state index is 11.3. The summed E-state index contributed by atoms with van der Waals surface area (Å²) in [7, 11) is 0. The van der Waals surface area contributed by atoms with Crippen LogP contribution in [0.3, 0.4) is 0 Å². The first-order chi connectivity index (χ1) is 8.29. The minimum atomic E-state index is -0.245. The molecule has 0 aromatic carbocycles. The summed E-state index contributed by atoms with van der Waals surface area (Å²) < 4.78 is 5.20. The number of allylic oxidation sites excluding steroid dienone is 1. The Hall–Kier alpha value is -0.830. The molecule has 18 heavy (non-hydrogen) atoms. The number of rotatable bonds is 4. The van der Waals surface area contributed by atoms with Crippen LogP contribution < -0.4 is 0 Å². The Kier molecular flexibility index (Phi) is 4.97. The number of carbonyl (C=O) groups excluding carboxylic acids is 1. The first-order valence-corrected chi connectivity index (χ1v) is 6.87. The highest BCUT2D eigenvalue weighted by Crippen LogP contribution is 2.37.